The fourth-order valence-electron chi connectivity index (χ4n) is 1.86. The molecule has 1 unspecified atom stereocenters. The number of rotatable bonds is 4. The molecule has 7 nitrogen and oxygen atoms in total. The summed E-state index contributed by atoms with van der Waals surface area (Å²) in [4.78, 5) is 21.7. The summed E-state index contributed by atoms with van der Waals surface area (Å²) in [6.45, 7) is 2.17. The van der Waals surface area contributed by atoms with E-state index in [0.717, 1.165) is 5.69 Å². The van der Waals surface area contributed by atoms with Crippen molar-refractivity contribution in [2.45, 2.75) is 12.6 Å². The number of anilines is 1. The highest BCUT2D eigenvalue weighted by molar-refractivity contribution is 5.80. The molecular formula is C11H17N5O2. The Labute approximate surface area is 105 Å². The Morgan fingerprint density at radius 2 is 2.44 bits per heavy atom. The van der Waals surface area contributed by atoms with E-state index in [1.807, 2.05) is 4.90 Å². The first-order chi connectivity index (χ1) is 8.70. The van der Waals surface area contributed by atoms with Crippen LogP contribution in [0.25, 0.3) is 0 Å². The molecule has 2 heterocycles. The van der Waals surface area contributed by atoms with E-state index in [2.05, 4.69) is 15.3 Å². The van der Waals surface area contributed by atoms with Gasteiger partial charge in [0.15, 0.2) is 0 Å². The van der Waals surface area contributed by atoms with Crippen molar-refractivity contribution < 1.29 is 9.53 Å². The van der Waals surface area contributed by atoms with Gasteiger partial charge in [-0.3, -0.25) is 14.7 Å². The van der Waals surface area contributed by atoms with Gasteiger partial charge in [-0.2, -0.15) is 0 Å². The highest BCUT2D eigenvalue weighted by Gasteiger charge is 2.27. The average Bonchev–Trinajstić information content (AvgIpc) is 2.40. The van der Waals surface area contributed by atoms with Gasteiger partial charge in [0.05, 0.1) is 31.3 Å². The molecule has 1 saturated heterocycles. The second-order valence-electron chi connectivity index (χ2n) is 4.11. The van der Waals surface area contributed by atoms with E-state index in [1.54, 1.807) is 19.4 Å². The van der Waals surface area contributed by atoms with Crippen LogP contribution in [0, 0.1) is 0 Å². The monoisotopic (exact) mass is 251 g/mol. The van der Waals surface area contributed by atoms with Crippen molar-refractivity contribution in [2.75, 3.05) is 32.1 Å². The van der Waals surface area contributed by atoms with Gasteiger partial charge in [0.2, 0.25) is 5.91 Å². The van der Waals surface area contributed by atoms with Crippen LogP contribution in [0.15, 0.2) is 12.4 Å². The van der Waals surface area contributed by atoms with Gasteiger partial charge in [0.25, 0.3) is 0 Å². The van der Waals surface area contributed by atoms with Crippen LogP contribution in [-0.2, 0) is 16.1 Å². The minimum atomic E-state index is -0.385. The number of morpholine rings is 1. The number of carbonyl (C=O) groups is 1. The van der Waals surface area contributed by atoms with E-state index in [1.165, 1.54) is 0 Å². The molecule has 3 N–H and O–H groups in total. The number of primary amides is 1. The molecule has 0 bridgehead atoms. The summed E-state index contributed by atoms with van der Waals surface area (Å²) in [5.74, 6) is 0.349. The molecule has 0 aliphatic carbocycles. The van der Waals surface area contributed by atoms with Crippen LogP contribution in [0.3, 0.4) is 0 Å². The molecule has 0 spiro atoms. The predicted molar refractivity (Wildman–Crippen MR) is 65.8 cm³/mol. The summed E-state index contributed by atoms with van der Waals surface area (Å²) < 4.78 is 5.26. The van der Waals surface area contributed by atoms with Crippen molar-refractivity contribution >= 4 is 11.7 Å². The zero-order valence-corrected chi connectivity index (χ0v) is 10.3. The van der Waals surface area contributed by atoms with Gasteiger partial charge in [-0.05, 0) is 0 Å². The van der Waals surface area contributed by atoms with Crippen LogP contribution in [0.2, 0.25) is 0 Å². The van der Waals surface area contributed by atoms with Crippen molar-refractivity contribution in [1.82, 2.24) is 14.9 Å². The van der Waals surface area contributed by atoms with Gasteiger partial charge >= 0.3 is 0 Å². The third-order valence-electron chi connectivity index (χ3n) is 2.89. The van der Waals surface area contributed by atoms with Crippen LogP contribution in [-0.4, -0.2) is 53.6 Å². The summed E-state index contributed by atoms with van der Waals surface area (Å²) in [7, 11) is 1.79. The summed E-state index contributed by atoms with van der Waals surface area (Å²) in [6, 6.07) is -0.385. The second kappa shape index (κ2) is 5.74. The first-order valence-electron chi connectivity index (χ1n) is 5.80. The molecule has 1 aliphatic rings. The molecule has 0 radical (unpaired) electrons. The van der Waals surface area contributed by atoms with Crippen molar-refractivity contribution in [1.29, 1.82) is 0 Å². The molecule has 0 saturated carbocycles. The molecule has 1 aromatic heterocycles. The lowest BCUT2D eigenvalue weighted by Gasteiger charge is -2.32. The maximum Gasteiger partial charge on any atom is 0.237 e. The summed E-state index contributed by atoms with van der Waals surface area (Å²) in [6.07, 6.45) is 3.36. The number of nitrogens with two attached hydrogens (primary N) is 1. The first kappa shape index (κ1) is 12.7. The normalized spacial score (nSPS) is 20.6. The van der Waals surface area contributed by atoms with Crippen LogP contribution in [0.5, 0.6) is 0 Å². The Morgan fingerprint density at radius 3 is 3.06 bits per heavy atom. The molecule has 1 atom stereocenters. The lowest BCUT2D eigenvalue weighted by Crippen LogP contribution is -2.51. The maximum absolute atomic E-state index is 11.3. The third-order valence-corrected chi connectivity index (χ3v) is 2.89. The van der Waals surface area contributed by atoms with Crippen LogP contribution in [0.4, 0.5) is 5.82 Å². The lowest BCUT2D eigenvalue weighted by molar-refractivity contribution is -0.129. The van der Waals surface area contributed by atoms with E-state index >= 15 is 0 Å². The Kier molecular flexibility index (Phi) is 4.06. The summed E-state index contributed by atoms with van der Waals surface area (Å²) in [5.41, 5.74) is 6.16. The number of carbonyl (C=O) groups excluding carboxylic acids is 1. The average molecular weight is 251 g/mol. The molecule has 0 aromatic carbocycles. The molecule has 1 aromatic rings. The van der Waals surface area contributed by atoms with Crippen LogP contribution >= 0.6 is 0 Å². The highest BCUT2D eigenvalue weighted by Crippen LogP contribution is 2.11. The Morgan fingerprint density at radius 1 is 1.61 bits per heavy atom. The Hall–Kier alpha value is -1.73. The van der Waals surface area contributed by atoms with E-state index in [-0.39, 0.29) is 11.9 Å². The quantitative estimate of drug-likeness (QED) is 0.728. The van der Waals surface area contributed by atoms with Gasteiger partial charge in [-0.25, -0.2) is 4.98 Å². The lowest BCUT2D eigenvalue weighted by atomic mass is 10.2. The van der Waals surface area contributed by atoms with Gasteiger partial charge in [-0.15, -0.1) is 0 Å². The predicted octanol–water partition coefficient (Wildman–Crippen LogP) is -0.796. The topological polar surface area (TPSA) is 93.4 Å². The SMILES string of the molecule is CNc1cnc(CN2CCOCC2C(N)=O)cn1. The Balaban J connectivity index is 2.03. The van der Waals surface area contributed by atoms with Crippen molar-refractivity contribution in [3.8, 4) is 0 Å². The van der Waals surface area contributed by atoms with E-state index in [9.17, 15) is 4.79 Å². The van der Waals surface area contributed by atoms with E-state index in [0.29, 0.717) is 32.1 Å². The third kappa shape index (κ3) is 2.93. The number of aromatic nitrogens is 2. The molecule has 7 heteroatoms. The largest absolute Gasteiger partial charge is 0.378 e. The number of nitrogens with zero attached hydrogens (tertiary/aromatic N) is 3. The Bertz CT molecular complexity index is 408. The van der Waals surface area contributed by atoms with Crippen LogP contribution in [0.1, 0.15) is 5.69 Å². The van der Waals surface area contributed by atoms with Crippen molar-refractivity contribution in [3.63, 3.8) is 0 Å². The smallest absolute Gasteiger partial charge is 0.237 e. The van der Waals surface area contributed by atoms with Gasteiger partial charge in [0.1, 0.15) is 11.9 Å². The maximum atomic E-state index is 11.3. The molecule has 18 heavy (non-hydrogen) atoms. The van der Waals surface area contributed by atoms with Gasteiger partial charge in [0, 0.05) is 20.1 Å². The molecule has 98 valence electrons. The minimum Gasteiger partial charge on any atom is -0.378 e. The van der Waals surface area contributed by atoms with Crippen LogP contribution < -0.4 is 11.1 Å². The zero-order valence-electron chi connectivity index (χ0n) is 10.3. The number of hydrogen-bond donors (Lipinski definition) is 2. The summed E-state index contributed by atoms with van der Waals surface area (Å²) in [5, 5.41) is 2.90. The van der Waals surface area contributed by atoms with Gasteiger partial charge in [-0.1, -0.05) is 0 Å². The minimum absolute atomic E-state index is 0.345. The van der Waals surface area contributed by atoms with Crippen molar-refractivity contribution in [2.24, 2.45) is 5.73 Å². The molecular weight excluding hydrogens is 234 g/mol. The standard InChI is InChI=1S/C11H17N5O2/c1-13-10-5-14-8(4-15-10)6-16-2-3-18-7-9(16)11(12)17/h4-5,9H,2-3,6-7H2,1H3,(H2,12,17)(H,13,15). The first-order valence-corrected chi connectivity index (χ1v) is 5.80. The number of ether oxygens (including phenoxy) is 1. The molecule has 1 fully saturated rings. The second-order valence-corrected chi connectivity index (χ2v) is 4.11. The highest BCUT2D eigenvalue weighted by atomic mass is 16.5. The van der Waals surface area contributed by atoms with Gasteiger partial charge < -0.3 is 15.8 Å². The zero-order chi connectivity index (χ0) is 13.0. The van der Waals surface area contributed by atoms with E-state index in [4.69, 9.17) is 10.5 Å². The molecule has 1 aliphatic heterocycles. The van der Waals surface area contributed by atoms with Crippen molar-refractivity contribution in [3.05, 3.63) is 18.1 Å². The number of hydrogen-bond acceptors (Lipinski definition) is 6. The van der Waals surface area contributed by atoms with E-state index < -0.39 is 0 Å². The fraction of sp³-hybridized carbons (Fsp3) is 0.545. The fourth-order valence-corrected chi connectivity index (χ4v) is 1.86. The molecule has 2 rings (SSSR count). The number of amides is 1. The number of nitrogens with one attached hydrogen (secondary N) is 1. The summed E-state index contributed by atoms with van der Waals surface area (Å²) >= 11 is 0. The molecule has 1 amide bonds.